The van der Waals surface area contributed by atoms with Gasteiger partial charge in [-0.05, 0) is 19.8 Å². The molecule has 0 spiro atoms. The number of carbonyl (C=O) groups is 2. The van der Waals surface area contributed by atoms with E-state index in [1.807, 2.05) is 6.07 Å². The second-order valence-corrected chi connectivity index (χ2v) is 5.66. The van der Waals surface area contributed by atoms with Crippen LogP contribution in [0.5, 0.6) is 0 Å². The molecule has 0 aromatic rings. The van der Waals surface area contributed by atoms with Crippen LogP contribution >= 0.6 is 0 Å². The summed E-state index contributed by atoms with van der Waals surface area (Å²) in [6.07, 6.45) is 4.57. The Bertz CT molecular complexity index is 397. The summed E-state index contributed by atoms with van der Waals surface area (Å²) in [6, 6.07) is 1.55. The SMILES string of the molecule is CC(CC#N)N(C)C(=O)NC1(CC(=O)O)CCCCC1. The maximum atomic E-state index is 12.2. The third-order valence-corrected chi connectivity index (χ3v) is 4.04. The van der Waals surface area contributed by atoms with E-state index in [4.69, 9.17) is 10.4 Å². The lowest BCUT2D eigenvalue weighted by molar-refractivity contribution is -0.139. The van der Waals surface area contributed by atoms with Crippen molar-refractivity contribution >= 4 is 12.0 Å². The highest BCUT2D eigenvalue weighted by Gasteiger charge is 2.36. The smallest absolute Gasteiger partial charge is 0.317 e. The molecule has 6 nitrogen and oxygen atoms in total. The Kier molecular flexibility index (Phi) is 5.81. The summed E-state index contributed by atoms with van der Waals surface area (Å²) < 4.78 is 0. The molecule has 1 aliphatic carbocycles. The van der Waals surface area contributed by atoms with E-state index in [1.54, 1.807) is 14.0 Å². The van der Waals surface area contributed by atoms with Gasteiger partial charge in [0.25, 0.3) is 0 Å². The predicted molar refractivity (Wildman–Crippen MR) is 74.1 cm³/mol. The van der Waals surface area contributed by atoms with Crippen LogP contribution in [0.15, 0.2) is 0 Å². The Morgan fingerprint density at radius 1 is 1.40 bits per heavy atom. The van der Waals surface area contributed by atoms with E-state index in [0.29, 0.717) is 12.8 Å². The first-order valence-electron chi connectivity index (χ1n) is 7.04. The van der Waals surface area contributed by atoms with Gasteiger partial charge in [-0.2, -0.15) is 5.26 Å². The van der Waals surface area contributed by atoms with Crippen LogP contribution in [-0.4, -0.2) is 40.6 Å². The molecule has 2 amide bonds. The number of nitrogens with zero attached hydrogens (tertiary/aromatic N) is 2. The van der Waals surface area contributed by atoms with Crippen molar-refractivity contribution in [1.82, 2.24) is 10.2 Å². The van der Waals surface area contributed by atoms with Gasteiger partial charge in [0, 0.05) is 13.1 Å². The number of amides is 2. The van der Waals surface area contributed by atoms with Crippen molar-refractivity contribution in [3.8, 4) is 6.07 Å². The molecule has 0 aromatic carbocycles. The summed E-state index contributed by atoms with van der Waals surface area (Å²) in [5.74, 6) is -0.889. The summed E-state index contributed by atoms with van der Waals surface area (Å²) >= 11 is 0. The topological polar surface area (TPSA) is 93.4 Å². The fourth-order valence-electron chi connectivity index (χ4n) is 2.65. The van der Waals surface area contributed by atoms with Crippen LogP contribution < -0.4 is 5.32 Å². The van der Waals surface area contributed by atoms with Gasteiger partial charge in [-0.25, -0.2) is 4.79 Å². The van der Waals surface area contributed by atoms with E-state index >= 15 is 0 Å². The van der Waals surface area contributed by atoms with Crippen LogP contribution in [0.4, 0.5) is 4.79 Å². The number of carboxylic acids is 1. The molecule has 0 heterocycles. The summed E-state index contributed by atoms with van der Waals surface area (Å²) in [7, 11) is 1.63. The average molecular weight is 281 g/mol. The van der Waals surface area contributed by atoms with Gasteiger partial charge in [0.15, 0.2) is 0 Å². The number of nitrogens with one attached hydrogen (secondary N) is 1. The van der Waals surface area contributed by atoms with Crippen LogP contribution in [0.1, 0.15) is 51.9 Å². The highest BCUT2D eigenvalue weighted by Crippen LogP contribution is 2.31. The first kappa shape index (κ1) is 16.3. The molecule has 1 unspecified atom stereocenters. The Morgan fingerprint density at radius 3 is 2.50 bits per heavy atom. The zero-order valence-electron chi connectivity index (χ0n) is 12.2. The van der Waals surface area contributed by atoms with Crippen molar-refractivity contribution in [3.05, 3.63) is 0 Å². The number of hydrogen-bond donors (Lipinski definition) is 2. The van der Waals surface area contributed by atoms with Crippen molar-refractivity contribution in [2.45, 2.75) is 63.5 Å². The molecule has 2 N–H and O–H groups in total. The minimum atomic E-state index is -0.889. The third-order valence-electron chi connectivity index (χ3n) is 4.04. The molecule has 1 aliphatic rings. The first-order valence-corrected chi connectivity index (χ1v) is 7.04. The highest BCUT2D eigenvalue weighted by atomic mass is 16.4. The first-order chi connectivity index (χ1) is 9.40. The summed E-state index contributed by atoms with van der Waals surface area (Å²) in [5, 5.41) is 20.6. The highest BCUT2D eigenvalue weighted by molar-refractivity contribution is 5.77. The van der Waals surface area contributed by atoms with Gasteiger partial charge < -0.3 is 15.3 Å². The second-order valence-electron chi connectivity index (χ2n) is 5.66. The van der Waals surface area contributed by atoms with Crippen LogP contribution in [0.3, 0.4) is 0 Å². The maximum Gasteiger partial charge on any atom is 0.317 e. The van der Waals surface area contributed by atoms with Gasteiger partial charge >= 0.3 is 12.0 Å². The van der Waals surface area contributed by atoms with Gasteiger partial charge in [-0.1, -0.05) is 19.3 Å². The molecular formula is C14H23N3O3. The Morgan fingerprint density at radius 2 is 2.00 bits per heavy atom. The molecule has 0 aromatic heterocycles. The fraction of sp³-hybridized carbons (Fsp3) is 0.786. The van der Waals surface area contributed by atoms with Gasteiger partial charge in [0.2, 0.25) is 0 Å². The molecule has 20 heavy (non-hydrogen) atoms. The lowest BCUT2D eigenvalue weighted by Crippen LogP contribution is -2.55. The number of nitriles is 1. The van der Waals surface area contributed by atoms with Gasteiger partial charge in [0.05, 0.1) is 24.4 Å². The van der Waals surface area contributed by atoms with Gasteiger partial charge in [-0.15, -0.1) is 0 Å². The minimum Gasteiger partial charge on any atom is -0.481 e. The van der Waals surface area contributed by atoms with E-state index in [0.717, 1.165) is 19.3 Å². The van der Waals surface area contributed by atoms with Crippen LogP contribution in [0.2, 0.25) is 0 Å². The van der Waals surface area contributed by atoms with Crippen LogP contribution in [0.25, 0.3) is 0 Å². The molecule has 1 fully saturated rings. The molecule has 1 saturated carbocycles. The predicted octanol–water partition coefficient (Wildman–Crippen LogP) is 2.11. The van der Waals surface area contributed by atoms with E-state index in [-0.39, 0.29) is 24.9 Å². The largest absolute Gasteiger partial charge is 0.481 e. The fourth-order valence-corrected chi connectivity index (χ4v) is 2.65. The Hall–Kier alpha value is -1.77. The normalized spacial score (nSPS) is 18.6. The van der Waals surface area contributed by atoms with E-state index in [2.05, 4.69) is 5.32 Å². The quantitative estimate of drug-likeness (QED) is 0.807. The number of carbonyl (C=O) groups excluding carboxylic acids is 1. The molecule has 1 rings (SSSR count). The van der Waals surface area contributed by atoms with Crippen molar-refractivity contribution in [2.75, 3.05) is 7.05 Å². The van der Waals surface area contributed by atoms with E-state index < -0.39 is 11.5 Å². The molecule has 0 saturated heterocycles. The van der Waals surface area contributed by atoms with Crippen LogP contribution in [-0.2, 0) is 4.79 Å². The molecule has 0 aliphatic heterocycles. The zero-order chi connectivity index (χ0) is 15.2. The van der Waals surface area contributed by atoms with E-state index in [9.17, 15) is 9.59 Å². The molecule has 0 radical (unpaired) electrons. The van der Waals surface area contributed by atoms with Gasteiger partial charge in [-0.3, -0.25) is 4.79 Å². The number of aliphatic carboxylic acids is 1. The Labute approximate surface area is 119 Å². The monoisotopic (exact) mass is 281 g/mol. The number of rotatable bonds is 5. The summed E-state index contributed by atoms with van der Waals surface area (Å²) in [4.78, 5) is 24.8. The van der Waals surface area contributed by atoms with Gasteiger partial charge in [0.1, 0.15) is 0 Å². The lowest BCUT2D eigenvalue weighted by atomic mass is 9.79. The van der Waals surface area contributed by atoms with Crippen molar-refractivity contribution in [2.24, 2.45) is 0 Å². The molecule has 6 heteroatoms. The standard InChI is InChI=1S/C14H23N3O3/c1-11(6-9-15)17(2)13(20)16-14(10-12(18)19)7-4-3-5-8-14/h11H,3-8,10H2,1-2H3,(H,16,20)(H,18,19). The molecular weight excluding hydrogens is 258 g/mol. The van der Waals surface area contributed by atoms with Crippen molar-refractivity contribution < 1.29 is 14.7 Å². The maximum absolute atomic E-state index is 12.2. The lowest BCUT2D eigenvalue weighted by Gasteiger charge is -2.38. The molecule has 1 atom stereocenters. The summed E-state index contributed by atoms with van der Waals surface area (Å²) in [5.41, 5.74) is -0.637. The van der Waals surface area contributed by atoms with E-state index in [1.165, 1.54) is 4.90 Å². The third kappa shape index (κ3) is 4.41. The average Bonchev–Trinajstić information content (AvgIpc) is 2.37. The zero-order valence-corrected chi connectivity index (χ0v) is 12.2. The van der Waals surface area contributed by atoms with Crippen LogP contribution in [0, 0.1) is 11.3 Å². The molecule has 112 valence electrons. The second kappa shape index (κ2) is 7.13. The number of urea groups is 1. The van der Waals surface area contributed by atoms with Crippen molar-refractivity contribution in [1.29, 1.82) is 5.26 Å². The number of hydrogen-bond acceptors (Lipinski definition) is 3. The minimum absolute atomic E-state index is 0.0424. The molecule has 0 bridgehead atoms. The number of carboxylic acid groups (broad SMARTS) is 1. The summed E-state index contributed by atoms with van der Waals surface area (Å²) in [6.45, 7) is 1.80. The Balaban J connectivity index is 2.72. The van der Waals surface area contributed by atoms with Crippen molar-refractivity contribution in [3.63, 3.8) is 0 Å².